The van der Waals surface area contributed by atoms with Crippen LogP contribution >= 0.6 is 11.6 Å². The summed E-state index contributed by atoms with van der Waals surface area (Å²) in [5.74, 6) is 0.121. The second-order valence-electron chi connectivity index (χ2n) is 5.81. The normalized spacial score (nSPS) is 17.1. The molecule has 1 atom stereocenters. The summed E-state index contributed by atoms with van der Waals surface area (Å²) in [5.41, 5.74) is 4.49. The molecule has 2 aromatic carbocycles. The minimum absolute atomic E-state index is 0.0595. The Balaban J connectivity index is 1.92. The molecule has 2 aromatic rings. The maximum Gasteiger partial charge on any atom is 0.170 e. The van der Waals surface area contributed by atoms with Gasteiger partial charge in [0.2, 0.25) is 0 Å². The monoisotopic (exact) mass is 300 g/mol. The molecule has 0 spiro atoms. The first-order valence-electron chi connectivity index (χ1n) is 7.08. The van der Waals surface area contributed by atoms with Crippen LogP contribution in [0.3, 0.4) is 0 Å². The van der Waals surface area contributed by atoms with Crippen LogP contribution in [0.2, 0.25) is 5.02 Å². The SMILES string of the molecule is Cc1cc(C)c2c(c1O)C(=O)C(Cc1ccc(Cl)cc1)C2. The fourth-order valence-corrected chi connectivity index (χ4v) is 3.29. The number of benzene rings is 2. The average Bonchev–Trinajstić information content (AvgIpc) is 2.77. The second kappa shape index (κ2) is 5.19. The van der Waals surface area contributed by atoms with E-state index in [4.69, 9.17) is 11.6 Å². The van der Waals surface area contributed by atoms with Crippen molar-refractivity contribution in [2.45, 2.75) is 26.7 Å². The molecule has 1 unspecified atom stereocenters. The highest BCUT2D eigenvalue weighted by atomic mass is 35.5. The van der Waals surface area contributed by atoms with E-state index < -0.39 is 0 Å². The predicted octanol–water partition coefficient (Wildman–Crippen LogP) is 4.26. The Kier molecular flexibility index (Phi) is 3.50. The molecule has 0 aromatic heterocycles. The van der Waals surface area contributed by atoms with Crippen molar-refractivity contribution in [2.24, 2.45) is 5.92 Å². The molecule has 0 aliphatic heterocycles. The number of hydrogen-bond donors (Lipinski definition) is 1. The van der Waals surface area contributed by atoms with Gasteiger partial charge in [-0.15, -0.1) is 0 Å². The van der Waals surface area contributed by atoms with Crippen LogP contribution in [0.15, 0.2) is 30.3 Å². The van der Waals surface area contributed by atoms with E-state index in [1.807, 2.05) is 44.2 Å². The average molecular weight is 301 g/mol. The molecule has 1 aliphatic carbocycles. The topological polar surface area (TPSA) is 37.3 Å². The lowest BCUT2D eigenvalue weighted by Gasteiger charge is -2.08. The third-order valence-corrected chi connectivity index (χ3v) is 4.54. The Morgan fingerprint density at radius 1 is 1.19 bits per heavy atom. The summed E-state index contributed by atoms with van der Waals surface area (Å²) >= 11 is 5.89. The zero-order chi connectivity index (χ0) is 15.1. The summed E-state index contributed by atoms with van der Waals surface area (Å²) in [7, 11) is 0. The Morgan fingerprint density at radius 2 is 1.86 bits per heavy atom. The summed E-state index contributed by atoms with van der Waals surface area (Å²) in [6.45, 7) is 3.84. The summed E-state index contributed by atoms with van der Waals surface area (Å²) in [5, 5.41) is 10.9. The number of ketones is 1. The molecule has 0 heterocycles. The van der Waals surface area contributed by atoms with Crippen LogP contribution in [-0.4, -0.2) is 10.9 Å². The molecule has 3 heteroatoms. The molecule has 2 nitrogen and oxygen atoms in total. The molecule has 1 N–H and O–H groups in total. The van der Waals surface area contributed by atoms with Gasteiger partial charge in [-0.25, -0.2) is 0 Å². The van der Waals surface area contributed by atoms with Crippen molar-refractivity contribution in [3.63, 3.8) is 0 Å². The van der Waals surface area contributed by atoms with Gasteiger partial charge in [-0.3, -0.25) is 4.79 Å². The molecule has 0 radical (unpaired) electrons. The largest absolute Gasteiger partial charge is 0.507 e. The maximum atomic E-state index is 12.6. The van der Waals surface area contributed by atoms with Crippen LogP contribution < -0.4 is 0 Å². The molecule has 0 saturated heterocycles. The third-order valence-electron chi connectivity index (χ3n) is 4.28. The summed E-state index contributed by atoms with van der Waals surface area (Å²) < 4.78 is 0. The highest BCUT2D eigenvalue weighted by molar-refractivity contribution is 6.30. The van der Waals surface area contributed by atoms with Gasteiger partial charge in [-0.1, -0.05) is 29.8 Å². The molecule has 0 saturated carbocycles. The fourth-order valence-electron chi connectivity index (χ4n) is 3.16. The molecule has 3 rings (SSSR count). The van der Waals surface area contributed by atoms with E-state index in [0.29, 0.717) is 23.4 Å². The van der Waals surface area contributed by atoms with Crippen molar-refractivity contribution in [3.05, 3.63) is 63.2 Å². The zero-order valence-electron chi connectivity index (χ0n) is 12.1. The number of fused-ring (bicyclic) bond motifs is 1. The maximum absolute atomic E-state index is 12.6. The minimum Gasteiger partial charge on any atom is -0.507 e. The molecular formula is C18H17ClO2. The number of phenolic OH excluding ortho intramolecular Hbond substituents is 1. The Labute approximate surface area is 129 Å². The summed E-state index contributed by atoms with van der Waals surface area (Å²) in [6, 6.07) is 9.55. The van der Waals surface area contributed by atoms with Crippen LogP contribution in [-0.2, 0) is 12.8 Å². The molecule has 0 fully saturated rings. The van der Waals surface area contributed by atoms with Crippen molar-refractivity contribution in [1.29, 1.82) is 0 Å². The van der Waals surface area contributed by atoms with E-state index in [0.717, 1.165) is 22.3 Å². The third kappa shape index (κ3) is 2.44. The second-order valence-corrected chi connectivity index (χ2v) is 6.24. The number of rotatable bonds is 2. The van der Waals surface area contributed by atoms with Gasteiger partial charge in [0.15, 0.2) is 5.78 Å². The van der Waals surface area contributed by atoms with Crippen molar-refractivity contribution >= 4 is 17.4 Å². The van der Waals surface area contributed by atoms with Crippen LogP contribution in [0.4, 0.5) is 0 Å². The van der Waals surface area contributed by atoms with E-state index >= 15 is 0 Å². The molecule has 1 aliphatic rings. The van der Waals surface area contributed by atoms with Crippen molar-refractivity contribution in [3.8, 4) is 5.75 Å². The van der Waals surface area contributed by atoms with Gasteiger partial charge in [0.25, 0.3) is 0 Å². The van der Waals surface area contributed by atoms with Crippen LogP contribution in [0.1, 0.15) is 32.6 Å². The number of carbonyl (C=O) groups excluding carboxylic acids is 1. The van der Waals surface area contributed by atoms with Gasteiger partial charge < -0.3 is 5.11 Å². The quantitative estimate of drug-likeness (QED) is 0.900. The number of phenols is 1. The van der Waals surface area contributed by atoms with Gasteiger partial charge in [0.05, 0.1) is 5.56 Å². The Morgan fingerprint density at radius 3 is 2.52 bits per heavy atom. The molecule has 0 bridgehead atoms. The first-order chi connectivity index (χ1) is 9.97. The summed E-state index contributed by atoms with van der Waals surface area (Å²) in [6.07, 6.45) is 1.39. The van der Waals surface area contributed by atoms with Crippen molar-refractivity contribution in [1.82, 2.24) is 0 Å². The van der Waals surface area contributed by atoms with Gasteiger partial charge >= 0.3 is 0 Å². The number of aromatic hydroxyl groups is 1. The Bertz CT molecular complexity index is 717. The lowest BCUT2D eigenvalue weighted by Crippen LogP contribution is -2.12. The lowest BCUT2D eigenvalue weighted by atomic mass is 9.95. The number of hydrogen-bond acceptors (Lipinski definition) is 2. The van der Waals surface area contributed by atoms with Gasteiger partial charge in [-0.2, -0.15) is 0 Å². The first-order valence-corrected chi connectivity index (χ1v) is 7.46. The van der Waals surface area contributed by atoms with E-state index in [9.17, 15) is 9.90 Å². The summed E-state index contributed by atoms with van der Waals surface area (Å²) in [4.78, 5) is 12.6. The van der Waals surface area contributed by atoms with E-state index in [2.05, 4.69) is 0 Å². The van der Waals surface area contributed by atoms with Gasteiger partial charge in [-0.05, 0) is 61.1 Å². The number of carbonyl (C=O) groups is 1. The lowest BCUT2D eigenvalue weighted by molar-refractivity contribution is 0.0934. The highest BCUT2D eigenvalue weighted by Crippen LogP contribution is 2.38. The smallest absolute Gasteiger partial charge is 0.170 e. The van der Waals surface area contributed by atoms with Crippen molar-refractivity contribution < 1.29 is 9.90 Å². The highest BCUT2D eigenvalue weighted by Gasteiger charge is 2.34. The number of aryl methyl sites for hydroxylation is 2. The van der Waals surface area contributed by atoms with Crippen LogP contribution in [0.5, 0.6) is 5.75 Å². The molecule has 21 heavy (non-hydrogen) atoms. The fraction of sp³-hybridized carbons (Fsp3) is 0.278. The molecular weight excluding hydrogens is 284 g/mol. The minimum atomic E-state index is -0.0902. The zero-order valence-corrected chi connectivity index (χ0v) is 12.9. The number of halogens is 1. The van der Waals surface area contributed by atoms with Crippen molar-refractivity contribution in [2.75, 3.05) is 0 Å². The van der Waals surface area contributed by atoms with Gasteiger partial charge in [0.1, 0.15) is 5.75 Å². The standard InChI is InChI=1S/C18H17ClO2/c1-10-7-11(2)17(20)16-15(10)9-13(18(16)21)8-12-3-5-14(19)6-4-12/h3-7,13,20H,8-9H2,1-2H3. The van der Waals surface area contributed by atoms with E-state index in [1.54, 1.807) is 0 Å². The van der Waals surface area contributed by atoms with Gasteiger partial charge in [0, 0.05) is 10.9 Å². The first kappa shape index (κ1) is 14.2. The van der Waals surface area contributed by atoms with Crippen LogP contribution in [0, 0.1) is 19.8 Å². The molecule has 0 amide bonds. The Hall–Kier alpha value is -1.80. The number of Topliss-reactive ketones (excluding diaryl/α,β-unsaturated/α-hetero) is 1. The predicted molar refractivity (Wildman–Crippen MR) is 84.3 cm³/mol. The van der Waals surface area contributed by atoms with E-state index in [1.165, 1.54) is 0 Å². The van der Waals surface area contributed by atoms with Crippen LogP contribution in [0.25, 0.3) is 0 Å². The van der Waals surface area contributed by atoms with E-state index in [-0.39, 0.29) is 17.5 Å². The molecule has 108 valence electrons.